The molecule has 1 aromatic carbocycles. The number of hydrogen-bond donors (Lipinski definition) is 1. The third-order valence-electron chi connectivity index (χ3n) is 4.42. The number of benzene rings is 1. The highest BCUT2D eigenvalue weighted by molar-refractivity contribution is 6.31. The molecular formula is C18H29ClN2. The summed E-state index contributed by atoms with van der Waals surface area (Å²) in [6.07, 6.45) is 3.91. The summed E-state index contributed by atoms with van der Waals surface area (Å²) in [4.78, 5) is 2.51. The molecule has 0 aliphatic carbocycles. The normalized spacial score (nSPS) is 17.3. The van der Waals surface area contributed by atoms with E-state index in [0.717, 1.165) is 30.6 Å². The van der Waals surface area contributed by atoms with Crippen molar-refractivity contribution in [2.75, 3.05) is 18.0 Å². The Kier molecular flexibility index (Phi) is 5.56. The van der Waals surface area contributed by atoms with Crippen LogP contribution in [0.15, 0.2) is 18.2 Å². The second-order valence-electron chi connectivity index (χ2n) is 7.18. The first kappa shape index (κ1) is 16.6. The largest absolute Gasteiger partial charge is 0.371 e. The minimum atomic E-state index is 0.103. The van der Waals surface area contributed by atoms with Crippen LogP contribution in [0.25, 0.3) is 0 Å². The van der Waals surface area contributed by atoms with Gasteiger partial charge in [-0.25, -0.2) is 0 Å². The molecule has 1 aromatic rings. The summed E-state index contributed by atoms with van der Waals surface area (Å²) >= 11 is 6.47. The maximum absolute atomic E-state index is 6.47. The van der Waals surface area contributed by atoms with Gasteiger partial charge in [-0.15, -0.1) is 0 Å². The molecule has 0 atom stereocenters. The van der Waals surface area contributed by atoms with E-state index < -0.39 is 0 Å². The van der Waals surface area contributed by atoms with Gasteiger partial charge in [-0.3, -0.25) is 0 Å². The molecule has 0 spiro atoms. The van der Waals surface area contributed by atoms with E-state index in [0.29, 0.717) is 0 Å². The summed E-state index contributed by atoms with van der Waals surface area (Å²) < 4.78 is 0. The van der Waals surface area contributed by atoms with Gasteiger partial charge in [-0.1, -0.05) is 31.0 Å². The van der Waals surface area contributed by atoms with Crippen LogP contribution in [-0.2, 0) is 6.54 Å². The molecule has 1 fully saturated rings. The van der Waals surface area contributed by atoms with Crippen LogP contribution in [-0.4, -0.2) is 18.6 Å². The Labute approximate surface area is 134 Å². The lowest BCUT2D eigenvalue weighted by Crippen LogP contribution is -2.37. The zero-order valence-corrected chi connectivity index (χ0v) is 14.6. The first-order chi connectivity index (χ1) is 9.90. The number of nitrogens with one attached hydrogen (secondary N) is 1. The van der Waals surface area contributed by atoms with Gasteiger partial charge in [0.1, 0.15) is 0 Å². The summed E-state index contributed by atoms with van der Waals surface area (Å²) in [5.74, 6) is 0.900. The lowest BCUT2D eigenvalue weighted by Gasteiger charge is -2.35. The number of piperidine rings is 1. The highest BCUT2D eigenvalue weighted by atomic mass is 35.5. The van der Waals surface area contributed by atoms with Crippen LogP contribution in [0.4, 0.5) is 5.69 Å². The second kappa shape index (κ2) is 7.02. The van der Waals surface area contributed by atoms with Crippen molar-refractivity contribution in [3.05, 3.63) is 28.8 Å². The number of hydrogen-bond acceptors (Lipinski definition) is 2. The highest BCUT2D eigenvalue weighted by Crippen LogP contribution is 2.31. The molecule has 0 amide bonds. The minimum absolute atomic E-state index is 0.103. The maximum atomic E-state index is 6.47. The predicted octanol–water partition coefficient (Wildman–Crippen LogP) is 4.85. The Morgan fingerprint density at radius 1 is 1.24 bits per heavy atom. The average Bonchev–Trinajstić information content (AvgIpc) is 2.45. The van der Waals surface area contributed by atoms with E-state index in [1.54, 1.807) is 0 Å². The van der Waals surface area contributed by atoms with Crippen LogP contribution >= 0.6 is 11.6 Å². The molecule has 1 aliphatic rings. The van der Waals surface area contributed by atoms with E-state index in [4.69, 9.17) is 11.6 Å². The molecule has 2 rings (SSSR count). The van der Waals surface area contributed by atoms with Gasteiger partial charge in [0.25, 0.3) is 0 Å². The first-order valence-electron chi connectivity index (χ1n) is 8.18. The van der Waals surface area contributed by atoms with Crippen LogP contribution in [0.2, 0.25) is 5.02 Å². The van der Waals surface area contributed by atoms with Gasteiger partial charge in [0.15, 0.2) is 0 Å². The topological polar surface area (TPSA) is 15.3 Å². The van der Waals surface area contributed by atoms with E-state index in [1.165, 1.54) is 30.5 Å². The SMILES string of the molecule is CCC1CCN(c2cccc(Cl)c2CNC(C)(C)C)CC1. The van der Waals surface area contributed by atoms with Crippen molar-refractivity contribution < 1.29 is 0 Å². The van der Waals surface area contributed by atoms with Crippen LogP contribution < -0.4 is 10.2 Å². The summed E-state index contributed by atoms with van der Waals surface area (Å²) in [6.45, 7) is 12.0. The van der Waals surface area contributed by atoms with Gasteiger partial charge in [0.05, 0.1) is 0 Å². The molecule has 0 unspecified atom stereocenters. The van der Waals surface area contributed by atoms with Crippen LogP contribution in [0.3, 0.4) is 0 Å². The lowest BCUT2D eigenvalue weighted by atomic mass is 9.93. The first-order valence-corrected chi connectivity index (χ1v) is 8.56. The van der Waals surface area contributed by atoms with E-state index in [-0.39, 0.29) is 5.54 Å². The third-order valence-corrected chi connectivity index (χ3v) is 4.78. The second-order valence-corrected chi connectivity index (χ2v) is 7.59. The monoisotopic (exact) mass is 308 g/mol. The Bertz CT molecular complexity index is 457. The van der Waals surface area contributed by atoms with Crippen LogP contribution in [0.5, 0.6) is 0 Å². The summed E-state index contributed by atoms with van der Waals surface area (Å²) in [6, 6.07) is 6.30. The van der Waals surface area contributed by atoms with Crippen molar-refractivity contribution in [2.45, 2.75) is 59.0 Å². The molecule has 21 heavy (non-hydrogen) atoms. The molecular weight excluding hydrogens is 280 g/mol. The predicted molar refractivity (Wildman–Crippen MR) is 93.3 cm³/mol. The molecule has 0 radical (unpaired) electrons. The van der Waals surface area contributed by atoms with Crippen molar-refractivity contribution in [1.82, 2.24) is 5.32 Å². The molecule has 2 nitrogen and oxygen atoms in total. The summed E-state index contributed by atoms with van der Waals surface area (Å²) in [5.41, 5.74) is 2.66. The molecule has 3 heteroatoms. The maximum Gasteiger partial charge on any atom is 0.0471 e. The minimum Gasteiger partial charge on any atom is -0.371 e. The van der Waals surface area contributed by atoms with Gasteiger partial charge in [-0.2, -0.15) is 0 Å². The number of halogens is 1. The fourth-order valence-corrected chi connectivity index (χ4v) is 3.19. The molecule has 0 aromatic heterocycles. The van der Waals surface area contributed by atoms with Crippen molar-refractivity contribution in [2.24, 2.45) is 5.92 Å². The Morgan fingerprint density at radius 2 is 1.90 bits per heavy atom. The number of rotatable bonds is 4. The Hall–Kier alpha value is -0.730. The molecule has 0 saturated carbocycles. The molecule has 1 N–H and O–H groups in total. The number of nitrogens with zero attached hydrogens (tertiary/aromatic N) is 1. The van der Waals surface area contributed by atoms with E-state index >= 15 is 0 Å². The third kappa shape index (κ3) is 4.62. The summed E-state index contributed by atoms with van der Waals surface area (Å²) in [5, 5.41) is 4.44. The molecule has 1 heterocycles. The smallest absolute Gasteiger partial charge is 0.0471 e. The van der Waals surface area contributed by atoms with Crippen molar-refractivity contribution in [3.8, 4) is 0 Å². The molecule has 0 bridgehead atoms. The van der Waals surface area contributed by atoms with Gasteiger partial charge < -0.3 is 10.2 Å². The van der Waals surface area contributed by atoms with Gasteiger partial charge >= 0.3 is 0 Å². The standard InChI is InChI=1S/C18H29ClN2/c1-5-14-9-11-21(12-10-14)17-8-6-7-16(19)15(17)13-20-18(2,3)4/h6-8,14,20H,5,9-13H2,1-4H3. The molecule has 118 valence electrons. The molecule has 1 aliphatic heterocycles. The number of anilines is 1. The lowest BCUT2D eigenvalue weighted by molar-refractivity contribution is 0.393. The quantitative estimate of drug-likeness (QED) is 0.855. The van der Waals surface area contributed by atoms with Crippen molar-refractivity contribution in [3.63, 3.8) is 0 Å². The average molecular weight is 309 g/mol. The van der Waals surface area contributed by atoms with E-state index in [1.807, 2.05) is 6.07 Å². The van der Waals surface area contributed by atoms with E-state index in [2.05, 4.69) is 50.0 Å². The van der Waals surface area contributed by atoms with Crippen LogP contribution in [0.1, 0.15) is 52.5 Å². The zero-order chi connectivity index (χ0) is 15.5. The van der Waals surface area contributed by atoms with Crippen LogP contribution in [0, 0.1) is 5.92 Å². The van der Waals surface area contributed by atoms with Crippen molar-refractivity contribution >= 4 is 17.3 Å². The fourth-order valence-electron chi connectivity index (χ4n) is 2.95. The van der Waals surface area contributed by atoms with Gasteiger partial charge in [0, 0.05) is 41.4 Å². The Morgan fingerprint density at radius 3 is 2.48 bits per heavy atom. The summed E-state index contributed by atoms with van der Waals surface area (Å²) in [7, 11) is 0. The zero-order valence-electron chi connectivity index (χ0n) is 13.9. The van der Waals surface area contributed by atoms with Gasteiger partial charge in [-0.05, 0) is 51.7 Å². The fraction of sp³-hybridized carbons (Fsp3) is 0.667. The highest BCUT2D eigenvalue weighted by Gasteiger charge is 2.21. The van der Waals surface area contributed by atoms with Gasteiger partial charge in [0.2, 0.25) is 0 Å². The van der Waals surface area contributed by atoms with Crippen molar-refractivity contribution in [1.29, 1.82) is 0 Å². The Balaban J connectivity index is 2.14. The molecule has 1 saturated heterocycles. The van der Waals surface area contributed by atoms with E-state index in [9.17, 15) is 0 Å².